The molecule has 3 atom stereocenters. The van der Waals surface area contributed by atoms with Crippen LogP contribution in [-0.4, -0.2) is 42.3 Å². The molecule has 4 heteroatoms. The van der Waals surface area contributed by atoms with E-state index in [2.05, 4.69) is 65.9 Å². The molecule has 21 heavy (non-hydrogen) atoms. The van der Waals surface area contributed by atoms with Gasteiger partial charge in [0.25, 0.3) is 0 Å². The summed E-state index contributed by atoms with van der Waals surface area (Å²) in [6, 6.07) is 9.04. The van der Waals surface area contributed by atoms with E-state index in [1.54, 1.807) is 0 Å². The van der Waals surface area contributed by atoms with E-state index in [4.69, 9.17) is 10.5 Å². The Kier molecular flexibility index (Phi) is 5.83. The van der Waals surface area contributed by atoms with Gasteiger partial charge in [0.05, 0.1) is 12.7 Å². The Bertz CT molecular complexity index is 451. The highest BCUT2D eigenvalue weighted by atomic mass is 79.9. The van der Waals surface area contributed by atoms with Gasteiger partial charge in [-0.3, -0.25) is 4.90 Å². The monoisotopic (exact) mass is 354 g/mol. The fourth-order valence-corrected chi connectivity index (χ4v) is 3.44. The second kappa shape index (κ2) is 7.23. The Morgan fingerprint density at radius 3 is 2.62 bits per heavy atom. The summed E-state index contributed by atoms with van der Waals surface area (Å²) in [5.41, 5.74) is 7.50. The number of rotatable bonds is 5. The molecule has 0 aliphatic carbocycles. The van der Waals surface area contributed by atoms with Gasteiger partial charge in [-0.1, -0.05) is 35.0 Å². The molecule has 1 aromatic carbocycles. The summed E-state index contributed by atoms with van der Waals surface area (Å²) in [7, 11) is 0. The van der Waals surface area contributed by atoms with Gasteiger partial charge in [-0.2, -0.15) is 0 Å². The Morgan fingerprint density at radius 1 is 1.38 bits per heavy atom. The van der Waals surface area contributed by atoms with E-state index >= 15 is 0 Å². The van der Waals surface area contributed by atoms with Crippen LogP contribution in [0.1, 0.15) is 32.8 Å². The molecule has 0 amide bonds. The second-order valence-electron chi connectivity index (χ2n) is 6.36. The lowest BCUT2D eigenvalue weighted by Crippen LogP contribution is -2.62. The van der Waals surface area contributed by atoms with Crippen molar-refractivity contribution in [3.05, 3.63) is 34.3 Å². The average Bonchev–Trinajstić information content (AvgIpc) is 2.49. The van der Waals surface area contributed by atoms with E-state index in [0.29, 0.717) is 12.6 Å². The highest BCUT2D eigenvalue weighted by Crippen LogP contribution is 2.28. The molecule has 0 bridgehead atoms. The van der Waals surface area contributed by atoms with Crippen LogP contribution in [0.2, 0.25) is 0 Å². The third-order valence-electron chi connectivity index (χ3n) is 4.57. The first kappa shape index (κ1) is 16.9. The van der Waals surface area contributed by atoms with Crippen LogP contribution < -0.4 is 5.73 Å². The smallest absolute Gasteiger partial charge is 0.0675 e. The minimum atomic E-state index is -0.0213. The molecular formula is C17H27BrN2O. The molecule has 1 aliphatic heterocycles. The maximum absolute atomic E-state index is 6.19. The molecule has 3 nitrogen and oxygen atoms in total. The first-order valence-electron chi connectivity index (χ1n) is 7.81. The topological polar surface area (TPSA) is 38.5 Å². The average molecular weight is 355 g/mol. The number of benzene rings is 1. The number of halogens is 1. The van der Waals surface area contributed by atoms with Gasteiger partial charge in [0.1, 0.15) is 0 Å². The molecule has 118 valence electrons. The zero-order valence-electron chi connectivity index (χ0n) is 13.3. The van der Waals surface area contributed by atoms with Crippen molar-refractivity contribution in [3.8, 4) is 0 Å². The van der Waals surface area contributed by atoms with Crippen molar-refractivity contribution in [1.82, 2.24) is 4.90 Å². The van der Waals surface area contributed by atoms with Crippen LogP contribution in [0.3, 0.4) is 0 Å². The summed E-state index contributed by atoms with van der Waals surface area (Å²) in [6.45, 7) is 9.10. The standard InChI is InChI=1S/C17H27BrN2O/c1-4-16-11-21-13(2)10-20(16)17(3,12-19)9-14-5-7-15(18)8-6-14/h5-8,13,16H,4,9-12,19H2,1-3H3. The number of ether oxygens (including phenoxy) is 1. The summed E-state index contributed by atoms with van der Waals surface area (Å²) in [5.74, 6) is 0. The first-order valence-corrected chi connectivity index (χ1v) is 8.60. The maximum atomic E-state index is 6.19. The molecule has 3 unspecified atom stereocenters. The number of hydrogen-bond acceptors (Lipinski definition) is 3. The van der Waals surface area contributed by atoms with Crippen LogP contribution in [0, 0.1) is 0 Å². The quantitative estimate of drug-likeness (QED) is 0.882. The zero-order chi connectivity index (χ0) is 15.5. The lowest BCUT2D eigenvalue weighted by atomic mass is 9.88. The molecule has 0 aromatic heterocycles. The number of morpholine rings is 1. The number of nitrogens with zero attached hydrogens (tertiary/aromatic N) is 1. The summed E-state index contributed by atoms with van der Waals surface area (Å²) in [5, 5.41) is 0. The molecule has 2 rings (SSSR count). The molecule has 0 radical (unpaired) electrons. The summed E-state index contributed by atoms with van der Waals surface area (Å²) in [6.07, 6.45) is 2.35. The SMILES string of the molecule is CCC1COC(C)CN1C(C)(CN)Cc1ccc(Br)cc1. The Labute approximate surface area is 137 Å². The van der Waals surface area contributed by atoms with Gasteiger partial charge in [0.15, 0.2) is 0 Å². The Balaban J connectivity index is 2.19. The van der Waals surface area contributed by atoms with E-state index in [0.717, 1.165) is 30.5 Å². The molecule has 1 aliphatic rings. The van der Waals surface area contributed by atoms with Crippen molar-refractivity contribution in [3.63, 3.8) is 0 Å². The van der Waals surface area contributed by atoms with Gasteiger partial charge >= 0.3 is 0 Å². The maximum Gasteiger partial charge on any atom is 0.0675 e. The predicted octanol–water partition coefficient (Wildman–Crippen LogP) is 3.21. The van der Waals surface area contributed by atoms with Gasteiger partial charge in [-0.25, -0.2) is 0 Å². The largest absolute Gasteiger partial charge is 0.376 e. The third kappa shape index (κ3) is 4.07. The van der Waals surface area contributed by atoms with Gasteiger partial charge in [-0.05, 0) is 44.4 Å². The molecule has 1 heterocycles. The van der Waals surface area contributed by atoms with E-state index in [-0.39, 0.29) is 11.6 Å². The first-order chi connectivity index (χ1) is 9.98. The molecular weight excluding hydrogens is 328 g/mol. The lowest BCUT2D eigenvalue weighted by Gasteiger charge is -2.49. The van der Waals surface area contributed by atoms with Crippen LogP contribution >= 0.6 is 15.9 Å². The van der Waals surface area contributed by atoms with Gasteiger partial charge in [0.2, 0.25) is 0 Å². The third-order valence-corrected chi connectivity index (χ3v) is 5.10. The lowest BCUT2D eigenvalue weighted by molar-refractivity contribution is -0.0945. The highest BCUT2D eigenvalue weighted by Gasteiger charge is 2.38. The minimum absolute atomic E-state index is 0.0213. The molecule has 2 N–H and O–H groups in total. The van der Waals surface area contributed by atoms with Crippen LogP contribution in [-0.2, 0) is 11.2 Å². The molecule has 0 spiro atoms. The van der Waals surface area contributed by atoms with Crippen molar-refractivity contribution in [2.75, 3.05) is 19.7 Å². The fourth-order valence-electron chi connectivity index (χ4n) is 3.18. The summed E-state index contributed by atoms with van der Waals surface area (Å²) in [4.78, 5) is 2.57. The van der Waals surface area contributed by atoms with Crippen molar-refractivity contribution in [1.29, 1.82) is 0 Å². The Morgan fingerprint density at radius 2 is 2.05 bits per heavy atom. The molecule has 0 saturated carbocycles. The van der Waals surface area contributed by atoms with Crippen LogP contribution in [0.5, 0.6) is 0 Å². The Hall–Kier alpha value is -0.420. The van der Waals surface area contributed by atoms with Crippen molar-refractivity contribution >= 4 is 15.9 Å². The second-order valence-corrected chi connectivity index (χ2v) is 7.28. The van der Waals surface area contributed by atoms with Gasteiger partial charge < -0.3 is 10.5 Å². The normalized spacial score (nSPS) is 26.5. The van der Waals surface area contributed by atoms with E-state index in [1.165, 1.54) is 5.56 Å². The molecule has 1 saturated heterocycles. The summed E-state index contributed by atoms with van der Waals surface area (Å²) >= 11 is 3.50. The van der Waals surface area contributed by atoms with Gasteiger partial charge in [0, 0.05) is 29.1 Å². The van der Waals surface area contributed by atoms with Crippen molar-refractivity contribution in [2.24, 2.45) is 5.73 Å². The fraction of sp³-hybridized carbons (Fsp3) is 0.647. The summed E-state index contributed by atoms with van der Waals surface area (Å²) < 4.78 is 6.95. The molecule has 1 aromatic rings. The van der Waals surface area contributed by atoms with Crippen LogP contribution in [0.25, 0.3) is 0 Å². The van der Waals surface area contributed by atoms with Gasteiger partial charge in [-0.15, -0.1) is 0 Å². The zero-order valence-corrected chi connectivity index (χ0v) is 14.9. The number of hydrogen-bond donors (Lipinski definition) is 1. The van der Waals surface area contributed by atoms with E-state index in [1.807, 2.05) is 0 Å². The predicted molar refractivity (Wildman–Crippen MR) is 91.5 cm³/mol. The van der Waals surface area contributed by atoms with Crippen LogP contribution in [0.15, 0.2) is 28.7 Å². The minimum Gasteiger partial charge on any atom is -0.376 e. The van der Waals surface area contributed by atoms with Crippen LogP contribution in [0.4, 0.5) is 0 Å². The highest BCUT2D eigenvalue weighted by molar-refractivity contribution is 9.10. The van der Waals surface area contributed by atoms with E-state index in [9.17, 15) is 0 Å². The van der Waals surface area contributed by atoms with Crippen molar-refractivity contribution < 1.29 is 4.74 Å². The van der Waals surface area contributed by atoms with E-state index < -0.39 is 0 Å². The van der Waals surface area contributed by atoms with Crippen molar-refractivity contribution in [2.45, 2.75) is 51.3 Å². The number of nitrogens with two attached hydrogens (primary N) is 1. The molecule has 1 fully saturated rings.